The number of hydrogen-bond donors (Lipinski definition) is 0. The minimum Gasteiger partial charge on any atom is -0.490 e. The largest absolute Gasteiger partial charge is 0.490 e. The zero-order valence-corrected chi connectivity index (χ0v) is 29.2. The van der Waals surface area contributed by atoms with Gasteiger partial charge in [0.1, 0.15) is 5.75 Å². The molecule has 3 aromatic rings. The second-order valence-corrected chi connectivity index (χ2v) is 16.7. The third kappa shape index (κ3) is 6.20. The molecule has 2 heterocycles. The molecule has 2 saturated carbocycles. The Morgan fingerprint density at radius 1 is 1.08 bits per heavy atom. The fourth-order valence-corrected chi connectivity index (χ4v) is 10.8. The van der Waals surface area contributed by atoms with E-state index in [0.717, 1.165) is 74.5 Å². The van der Waals surface area contributed by atoms with Crippen molar-refractivity contribution in [1.82, 2.24) is 9.97 Å². The number of nitrogens with zero attached hydrogens (tertiary/aromatic N) is 3. The number of methoxy groups -OCH3 is 2. The summed E-state index contributed by atoms with van der Waals surface area (Å²) in [6, 6.07) is 13.5. The second kappa shape index (κ2) is 13.6. The van der Waals surface area contributed by atoms with E-state index in [9.17, 15) is 13.2 Å². The van der Waals surface area contributed by atoms with Crippen LogP contribution in [0.15, 0.2) is 60.0 Å². The van der Waals surface area contributed by atoms with Gasteiger partial charge in [-0.25, -0.2) is 23.2 Å². The number of carbonyl (C=O) groups is 1. The number of halogens is 1. The van der Waals surface area contributed by atoms with E-state index in [4.69, 9.17) is 25.8 Å². The minimum atomic E-state index is -3.63. The molecule has 1 unspecified atom stereocenters. The lowest BCUT2D eigenvalue weighted by molar-refractivity contribution is -0.0589. The number of sulfone groups is 1. The zero-order valence-electron chi connectivity index (χ0n) is 27.6. The van der Waals surface area contributed by atoms with Crippen LogP contribution in [0.25, 0.3) is 0 Å². The molecular weight excluding hydrogens is 650 g/mol. The number of anilines is 1. The molecular formula is C37H44ClN3O6S. The summed E-state index contributed by atoms with van der Waals surface area (Å²) in [6.07, 6.45) is 11.0. The molecule has 3 aliphatic carbocycles. The van der Waals surface area contributed by atoms with Gasteiger partial charge >= 0.3 is 5.97 Å². The number of rotatable bonds is 8. The van der Waals surface area contributed by atoms with E-state index in [1.165, 1.54) is 30.6 Å². The predicted molar refractivity (Wildman–Crippen MR) is 184 cm³/mol. The Balaban J connectivity index is 1.16. The van der Waals surface area contributed by atoms with Gasteiger partial charge in [0.25, 0.3) is 0 Å². The van der Waals surface area contributed by atoms with Crippen LogP contribution in [0, 0.1) is 17.8 Å². The summed E-state index contributed by atoms with van der Waals surface area (Å²) in [5.74, 6) is 1.15. The maximum atomic E-state index is 13.5. The zero-order chi connectivity index (χ0) is 33.5. The van der Waals surface area contributed by atoms with E-state index in [2.05, 4.69) is 27.0 Å². The number of aromatic nitrogens is 2. The minimum absolute atomic E-state index is 0.0472. The van der Waals surface area contributed by atoms with Crippen LogP contribution in [-0.2, 0) is 31.1 Å². The van der Waals surface area contributed by atoms with Crippen LogP contribution in [0.1, 0.15) is 72.9 Å². The Kier molecular flexibility index (Phi) is 9.43. The summed E-state index contributed by atoms with van der Waals surface area (Å²) < 4.78 is 45.0. The summed E-state index contributed by atoms with van der Waals surface area (Å²) in [6.45, 7) is 2.07. The van der Waals surface area contributed by atoms with Crippen molar-refractivity contribution in [2.45, 2.75) is 79.7 Å². The van der Waals surface area contributed by atoms with Crippen LogP contribution < -0.4 is 9.64 Å². The highest BCUT2D eigenvalue weighted by atomic mass is 35.5. The molecule has 0 N–H and O–H groups in total. The van der Waals surface area contributed by atoms with E-state index in [1.807, 2.05) is 18.2 Å². The number of carbonyl (C=O) groups excluding carboxylic acids is 1. The average molecular weight is 694 g/mol. The Morgan fingerprint density at radius 3 is 2.67 bits per heavy atom. The molecule has 2 aromatic carbocycles. The van der Waals surface area contributed by atoms with Crippen LogP contribution in [0.4, 0.5) is 5.69 Å². The van der Waals surface area contributed by atoms with Crippen LogP contribution in [0.3, 0.4) is 0 Å². The van der Waals surface area contributed by atoms with Crippen LogP contribution in [0.5, 0.6) is 5.75 Å². The Bertz CT molecular complexity index is 1760. The SMILES string of the molecule is COC(=O)c1ccc2c(c1)N(C[C@@H]1CC[C@H]1[C@@H](OC)[C@H]1CCC[C@@H](S(=O)(=O)c3ncccn3)C1)CC1(CCCc3cc(Cl)ccc31)CO2. The fraction of sp³-hybridized carbons (Fsp3) is 0.541. The lowest BCUT2D eigenvalue weighted by atomic mass is 9.65. The first kappa shape index (κ1) is 33.3. The molecule has 2 fully saturated rings. The third-order valence-corrected chi connectivity index (χ3v) is 13.7. The van der Waals surface area contributed by atoms with Crippen LogP contribution in [-0.4, -0.2) is 69.6 Å². The van der Waals surface area contributed by atoms with Gasteiger partial charge in [0.2, 0.25) is 15.0 Å². The quantitative estimate of drug-likeness (QED) is 0.194. The summed E-state index contributed by atoms with van der Waals surface area (Å²) in [7, 11) is -0.452. The normalized spacial score (nSPS) is 27.5. The van der Waals surface area contributed by atoms with Crippen molar-refractivity contribution < 1.29 is 27.4 Å². The molecule has 0 saturated heterocycles. The summed E-state index contributed by atoms with van der Waals surface area (Å²) in [5.41, 5.74) is 3.74. The van der Waals surface area contributed by atoms with Crippen molar-refractivity contribution in [2.75, 3.05) is 38.8 Å². The smallest absolute Gasteiger partial charge is 0.337 e. The molecule has 7 rings (SSSR count). The standard InChI is InChI=1S/C37H44ClN3O6S/c1-45-34(25-6-3-8-29(19-25)48(43,44)36-39-16-5-17-40-36)30-12-9-27(30)21-41-22-37(15-4-7-24-18-28(38)11-13-31(24)37)23-47-33-14-10-26(20-32(33)41)35(42)46-2/h5,10-11,13-14,16-18,20,25,27,29-30,34H,3-4,6-9,12,15,19,21-23H2,1-2H3/t25-,27-,29+,30+,34-,37?/m0/s1. The van der Waals surface area contributed by atoms with Gasteiger partial charge in [0.05, 0.1) is 36.3 Å². The van der Waals surface area contributed by atoms with Gasteiger partial charge in [0.15, 0.2) is 0 Å². The highest BCUT2D eigenvalue weighted by molar-refractivity contribution is 7.91. The molecule has 11 heteroatoms. The maximum Gasteiger partial charge on any atom is 0.337 e. The Hall–Kier alpha value is -3.21. The van der Waals surface area contributed by atoms with Gasteiger partial charge in [-0.3, -0.25) is 0 Å². The molecule has 256 valence electrons. The number of hydrogen-bond acceptors (Lipinski definition) is 9. The predicted octanol–water partition coefficient (Wildman–Crippen LogP) is 6.46. The third-order valence-electron chi connectivity index (χ3n) is 11.5. The van der Waals surface area contributed by atoms with Crippen LogP contribution >= 0.6 is 11.6 Å². The van der Waals surface area contributed by atoms with Crippen molar-refractivity contribution in [2.24, 2.45) is 17.8 Å². The van der Waals surface area contributed by atoms with Crippen molar-refractivity contribution in [1.29, 1.82) is 0 Å². The monoisotopic (exact) mass is 693 g/mol. The molecule has 1 spiro atoms. The van der Waals surface area contributed by atoms with E-state index in [1.54, 1.807) is 19.2 Å². The van der Waals surface area contributed by atoms with Crippen molar-refractivity contribution in [3.8, 4) is 5.75 Å². The van der Waals surface area contributed by atoms with Gasteiger partial charge in [-0.1, -0.05) is 24.1 Å². The lowest BCUT2D eigenvalue weighted by Gasteiger charge is -2.48. The maximum absolute atomic E-state index is 13.5. The van der Waals surface area contributed by atoms with E-state index in [0.29, 0.717) is 36.8 Å². The number of fused-ring (bicyclic) bond motifs is 3. The van der Waals surface area contributed by atoms with E-state index in [-0.39, 0.29) is 28.6 Å². The highest BCUT2D eigenvalue weighted by Gasteiger charge is 2.47. The summed E-state index contributed by atoms with van der Waals surface area (Å²) in [5, 5.41) is 0.154. The van der Waals surface area contributed by atoms with E-state index < -0.39 is 15.1 Å². The van der Waals surface area contributed by atoms with Gasteiger partial charge < -0.3 is 19.1 Å². The number of aryl methyl sites for hydroxylation is 1. The summed E-state index contributed by atoms with van der Waals surface area (Å²) in [4.78, 5) is 23.2. The van der Waals surface area contributed by atoms with E-state index >= 15 is 0 Å². The Morgan fingerprint density at radius 2 is 1.92 bits per heavy atom. The Labute approximate surface area is 288 Å². The first-order valence-electron chi connectivity index (χ1n) is 17.1. The van der Waals surface area contributed by atoms with Crippen molar-refractivity contribution in [3.63, 3.8) is 0 Å². The molecule has 1 aromatic heterocycles. The number of benzene rings is 2. The van der Waals surface area contributed by atoms with Crippen molar-refractivity contribution in [3.05, 3.63) is 76.6 Å². The number of ether oxygens (including phenoxy) is 3. The molecule has 0 bridgehead atoms. The second-order valence-electron chi connectivity index (χ2n) is 14.1. The van der Waals surface area contributed by atoms with Crippen molar-refractivity contribution >= 4 is 33.1 Å². The van der Waals surface area contributed by atoms with Gasteiger partial charge in [-0.05, 0) is 117 Å². The summed E-state index contributed by atoms with van der Waals surface area (Å²) >= 11 is 6.45. The molecule has 0 radical (unpaired) electrons. The van der Waals surface area contributed by atoms with Crippen LogP contribution in [0.2, 0.25) is 5.02 Å². The average Bonchev–Trinajstić information content (AvgIpc) is 3.25. The lowest BCUT2D eigenvalue weighted by Crippen LogP contribution is -2.51. The van der Waals surface area contributed by atoms with Gasteiger partial charge in [-0.2, -0.15) is 0 Å². The molecule has 0 amide bonds. The molecule has 9 nitrogen and oxygen atoms in total. The molecule has 48 heavy (non-hydrogen) atoms. The molecule has 6 atom stereocenters. The highest BCUT2D eigenvalue weighted by Crippen LogP contribution is 2.48. The first-order chi connectivity index (χ1) is 23.2. The number of esters is 1. The molecule has 1 aliphatic heterocycles. The fourth-order valence-electron chi connectivity index (χ4n) is 8.96. The van der Waals surface area contributed by atoms with Gasteiger partial charge in [-0.15, -0.1) is 0 Å². The van der Waals surface area contributed by atoms with Gasteiger partial charge in [0, 0.05) is 43.0 Å². The first-order valence-corrected chi connectivity index (χ1v) is 19.1. The molecule has 4 aliphatic rings. The topological polar surface area (TPSA) is 108 Å².